The molecule has 0 aliphatic carbocycles. The number of likely N-dealkylation sites (N-methyl/N-ethyl adjacent to an activating group) is 1. The zero-order valence-electron chi connectivity index (χ0n) is 22.0. The summed E-state index contributed by atoms with van der Waals surface area (Å²) in [7, 11) is 0. The number of carbonyl (C=O) groups is 3. The number of carbonyl (C=O) groups excluding carboxylic acids is 3. The van der Waals surface area contributed by atoms with E-state index >= 15 is 0 Å². The fourth-order valence-electron chi connectivity index (χ4n) is 4.36. The Labute approximate surface area is 230 Å². The van der Waals surface area contributed by atoms with Gasteiger partial charge in [0.05, 0.1) is 0 Å². The van der Waals surface area contributed by atoms with Crippen LogP contribution in [0, 0.1) is 0 Å². The van der Waals surface area contributed by atoms with Gasteiger partial charge in [-0.15, -0.1) is 0 Å². The first-order valence-electron chi connectivity index (χ1n) is 12.8. The average molecular weight is 569 g/mol. The molecule has 214 valence electrons. The first-order valence-corrected chi connectivity index (χ1v) is 13.7. The molecular formula is C26H35F3N6O3S. The SMILES string of the molecule is CCN(C(C)=O)C(SNc1ccc2cc(C(=O)NCCN3CCCC3)ccc2c1)[C@H](N)C(=O)NCC(F)(F)F. The van der Waals surface area contributed by atoms with Gasteiger partial charge in [0.15, 0.2) is 0 Å². The van der Waals surface area contributed by atoms with Gasteiger partial charge in [-0.25, -0.2) is 0 Å². The van der Waals surface area contributed by atoms with Crippen molar-refractivity contribution in [2.24, 2.45) is 5.73 Å². The zero-order chi connectivity index (χ0) is 28.6. The fourth-order valence-corrected chi connectivity index (χ4v) is 5.44. The number of hydrogen-bond donors (Lipinski definition) is 4. The van der Waals surface area contributed by atoms with Crippen LogP contribution in [0.2, 0.25) is 0 Å². The van der Waals surface area contributed by atoms with E-state index in [1.165, 1.54) is 24.7 Å². The van der Waals surface area contributed by atoms with Crippen LogP contribution in [0.3, 0.4) is 0 Å². The van der Waals surface area contributed by atoms with Gasteiger partial charge in [-0.1, -0.05) is 12.1 Å². The first-order chi connectivity index (χ1) is 18.5. The minimum absolute atomic E-state index is 0.140. The molecule has 39 heavy (non-hydrogen) atoms. The van der Waals surface area contributed by atoms with Crippen LogP contribution < -0.4 is 21.1 Å². The highest BCUT2D eigenvalue weighted by molar-refractivity contribution is 8.01. The topological polar surface area (TPSA) is 120 Å². The Hall–Kier alpha value is -3.03. The highest BCUT2D eigenvalue weighted by Gasteiger charge is 2.34. The lowest BCUT2D eigenvalue weighted by Crippen LogP contribution is -2.56. The van der Waals surface area contributed by atoms with Crippen molar-refractivity contribution in [3.05, 3.63) is 42.0 Å². The van der Waals surface area contributed by atoms with Crippen LogP contribution in [0.15, 0.2) is 36.4 Å². The van der Waals surface area contributed by atoms with Crippen molar-refractivity contribution in [1.29, 1.82) is 0 Å². The molecule has 9 nitrogen and oxygen atoms in total. The number of benzene rings is 2. The second-order valence-corrected chi connectivity index (χ2v) is 10.3. The van der Waals surface area contributed by atoms with Crippen LogP contribution in [-0.2, 0) is 9.59 Å². The molecule has 1 unspecified atom stereocenters. The van der Waals surface area contributed by atoms with E-state index < -0.39 is 30.0 Å². The molecule has 0 aromatic heterocycles. The van der Waals surface area contributed by atoms with E-state index in [1.807, 2.05) is 18.2 Å². The van der Waals surface area contributed by atoms with Gasteiger partial charge in [-0.3, -0.25) is 14.4 Å². The number of alkyl halides is 3. The Morgan fingerprint density at radius 1 is 1.08 bits per heavy atom. The molecule has 3 rings (SSSR count). The molecule has 0 saturated carbocycles. The first kappa shape index (κ1) is 30.5. The van der Waals surface area contributed by atoms with E-state index in [2.05, 4.69) is 14.9 Å². The summed E-state index contributed by atoms with van der Waals surface area (Å²) in [5, 5.41) is 5.46. The van der Waals surface area contributed by atoms with Crippen LogP contribution in [0.25, 0.3) is 10.8 Å². The number of anilines is 1. The number of nitrogens with one attached hydrogen (secondary N) is 3. The van der Waals surface area contributed by atoms with Crippen LogP contribution in [0.1, 0.15) is 37.0 Å². The van der Waals surface area contributed by atoms with E-state index in [-0.39, 0.29) is 18.4 Å². The van der Waals surface area contributed by atoms with Crippen molar-refractivity contribution >= 4 is 46.1 Å². The third-order valence-corrected chi connectivity index (χ3v) is 7.58. The standard InChI is InChI=1S/C26H35F3N6O3S/c1-3-35(17(2)36)25(22(30)24(38)32-16-26(27,28)29)39-33-21-9-8-18-14-20(7-6-19(18)15-21)23(37)31-10-13-34-11-4-5-12-34/h6-9,14-15,22,25,33H,3-5,10-13,16,30H2,1-2H3,(H,31,37)(H,32,38)/t22-,25?/m1/s1. The van der Waals surface area contributed by atoms with Gasteiger partial charge in [0.1, 0.15) is 18.0 Å². The summed E-state index contributed by atoms with van der Waals surface area (Å²) < 4.78 is 40.7. The molecule has 0 bridgehead atoms. The van der Waals surface area contributed by atoms with Crippen molar-refractivity contribution in [2.45, 2.75) is 44.3 Å². The van der Waals surface area contributed by atoms with Crippen molar-refractivity contribution < 1.29 is 27.6 Å². The maximum Gasteiger partial charge on any atom is 0.405 e. The average Bonchev–Trinajstić information content (AvgIpc) is 3.41. The molecule has 2 aromatic carbocycles. The molecule has 1 saturated heterocycles. The van der Waals surface area contributed by atoms with Crippen LogP contribution in [0.5, 0.6) is 0 Å². The fraction of sp³-hybridized carbons (Fsp3) is 0.500. The number of rotatable bonds is 12. The molecule has 0 spiro atoms. The lowest BCUT2D eigenvalue weighted by atomic mass is 10.1. The number of nitrogens with zero attached hydrogens (tertiary/aromatic N) is 2. The largest absolute Gasteiger partial charge is 0.405 e. The van der Waals surface area contributed by atoms with Gasteiger partial charge < -0.3 is 30.9 Å². The normalized spacial score (nSPS) is 15.5. The molecule has 1 fully saturated rings. The summed E-state index contributed by atoms with van der Waals surface area (Å²) in [4.78, 5) is 40.7. The summed E-state index contributed by atoms with van der Waals surface area (Å²) in [6.07, 6.45) is -2.18. The van der Waals surface area contributed by atoms with Crippen molar-refractivity contribution in [3.63, 3.8) is 0 Å². The number of nitrogens with two attached hydrogens (primary N) is 1. The summed E-state index contributed by atoms with van der Waals surface area (Å²) in [6, 6.07) is 9.36. The molecule has 13 heteroatoms. The zero-order valence-corrected chi connectivity index (χ0v) is 22.8. The number of halogens is 3. The molecule has 5 N–H and O–H groups in total. The third kappa shape index (κ3) is 9.01. The third-order valence-electron chi connectivity index (χ3n) is 6.44. The second kappa shape index (κ2) is 13.9. The smallest absolute Gasteiger partial charge is 0.351 e. The minimum atomic E-state index is -4.58. The Morgan fingerprint density at radius 3 is 2.38 bits per heavy atom. The molecule has 2 atom stereocenters. The lowest BCUT2D eigenvalue weighted by Gasteiger charge is -2.33. The van der Waals surface area contributed by atoms with E-state index in [4.69, 9.17) is 5.73 Å². The second-order valence-electron chi connectivity index (χ2n) is 9.36. The van der Waals surface area contributed by atoms with Crippen LogP contribution in [0.4, 0.5) is 18.9 Å². The number of fused-ring (bicyclic) bond motifs is 1. The van der Waals surface area contributed by atoms with E-state index in [9.17, 15) is 27.6 Å². The molecule has 2 aromatic rings. The van der Waals surface area contributed by atoms with Gasteiger partial charge in [-0.05, 0) is 79.8 Å². The molecule has 1 aliphatic rings. The predicted octanol–water partition coefficient (Wildman–Crippen LogP) is 2.93. The Balaban J connectivity index is 1.65. The molecule has 1 heterocycles. The number of likely N-dealkylation sites (tertiary alicyclic amines) is 1. The minimum Gasteiger partial charge on any atom is -0.351 e. The predicted molar refractivity (Wildman–Crippen MR) is 147 cm³/mol. The summed E-state index contributed by atoms with van der Waals surface area (Å²) in [5.74, 6) is -1.53. The van der Waals surface area contributed by atoms with Gasteiger partial charge in [0.25, 0.3) is 5.91 Å². The number of hydrogen-bond acceptors (Lipinski definition) is 7. The van der Waals surface area contributed by atoms with Crippen LogP contribution in [-0.4, -0.2) is 84.4 Å². The van der Waals surface area contributed by atoms with Crippen molar-refractivity contribution in [2.75, 3.05) is 44.0 Å². The quantitative estimate of drug-likeness (QED) is 0.230. The monoisotopic (exact) mass is 568 g/mol. The molecule has 3 amide bonds. The summed E-state index contributed by atoms with van der Waals surface area (Å²) >= 11 is 0.961. The van der Waals surface area contributed by atoms with Gasteiger partial charge in [-0.2, -0.15) is 13.2 Å². The van der Waals surface area contributed by atoms with E-state index in [0.29, 0.717) is 17.8 Å². The summed E-state index contributed by atoms with van der Waals surface area (Å²) in [5.41, 5.74) is 7.18. The highest BCUT2D eigenvalue weighted by atomic mass is 32.2. The maximum atomic E-state index is 12.6. The van der Waals surface area contributed by atoms with Crippen LogP contribution >= 0.6 is 11.9 Å². The van der Waals surface area contributed by atoms with Gasteiger partial charge in [0, 0.05) is 37.8 Å². The summed E-state index contributed by atoms with van der Waals surface area (Å²) in [6.45, 7) is 5.24. The van der Waals surface area contributed by atoms with Gasteiger partial charge in [0.2, 0.25) is 11.8 Å². The lowest BCUT2D eigenvalue weighted by molar-refractivity contribution is -0.140. The van der Waals surface area contributed by atoms with Gasteiger partial charge >= 0.3 is 6.18 Å². The molecule has 0 radical (unpaired) electrons. The van der Waals surface area contributed by atoms with Crippen molar-refractivity contribution in [1.82, 2.24) is 20.4 Å². The number of amides is 3. The molecule has 1 aliphatic heterocycles. The molecular weight excluding hydrogens is 533 g/mol. The Bertz CT molecular complexity index is 1160. The van der Waals surface area contributed by atoms with E-state index in [0.717, 1.165) is 42.4 Å². The maximum absolute atomic E-state index is 12.6. The highest BCUT2D eigenvalue weighted by Crippen LogP contribution is 2.26. The Morgan fingerprint density at radius 2 is 1.74 bits per heavy atom. The van der Waals surface area contributed by atoms with E-state index in [1.54, 1.807) is 30.4 Å². The Kier molecular flexibility index (Phi) is 10.8. The van der Waals surface area contributed by atoms with Crippen molar-refractivity contribution in [3.8, 4) is 0 Å².